The third-order valence-corrected chi connectivity index (χ3v) is 6.31. The minimum Gasteiger partial charge on any atom is -0.507 e. The lowest BCUT2D eigenvalue weighted by Crippen LogP contribution is -2.33. The predicted molar refractivity (Wildman–Crippen MR) is 141 cm³/mol. The summed E-state index contributed by atoms with van der Waals surface area (Å²) in [6.07, 6.45) is 2.38. The van der Waals surface area contributed by atoms with E-state index in [1.165, 1.54) is 0 Å². The molecule has 1 N–H and O–H groups in total. The first kappa shape index (κ1) is 27.0. The number of Topliss-reactive ketones (excluding diaryl/α,β-unsaturated/α-hetero) is 1. The number of carbonyl (C=O) groups is 2. The number of hydrogen-bond donors (Lipinski definition) is 1. The molecule has 0 bridgehead atoms. The number of ether oxygens (including phenoxy) is 2. The molecule has 0 unspecified atom stereocenters. The zero-order valence-electron chi connectivity index (χ0n) is 21.4. The van der Waals surface area contributed by atoms with E-state index in [4.69, 9.17) is 9.47 Å². The van der Waals surface area contributed by atoms with Crippen LogP contribution in [0.25, 0.3) is 5.76 Å². The first-order valence-corrected chi connectivity index (χ1v) is 12.5. The van der Waals surface area contributed by atoms with Crippen LogP contribution < -0.4 is 9.47 Å². The molecule has 3 rings (SSSR count). The molecule has 1 aliphatic heterocycles. The molecular formula is C29H36N2O5. The zero-order chi connectivity index (χ0) is 26.1. The number of nitrogens with zero attached hydrogens (tertiary/aromatic N) is 2. The molecule has 2 aromatic rings. The molecule has 0 aromatic heterocycles. The van der Waals surface area contributed by atoms with E-state index < -0.39 is 17.7 Å². The van der Waals surface area contributed by atoms with Crippen LogP contribution in [0.4, 0.5) is 0 Å². The fourth-order valence-corrected chi connectivity index (χ4v) is 4.39. The van der Waals surface area contributed by atoms with E-state index in [1.807, 2.05) is 19.1 Å². The molecule has 1 amide bonds. The molecule has 7 nitrogen and oxygen atoms in total. The lowest BCUT2D eigenvalue weighted by molar-refractivity contribution is -0.140. The van der Waals surface area contributed by atoms with Crippen molar-refractivity contribution in [2.45, 2.75) is 33.2 Å². The van der Waals surface area contributed by atoms with Crippen LogP contribution in [0.3, 0.4) is 0 Å². The van der Waals surface area contributed by atoms with Gasteiger partial charge in [-0.25, -0.2) is 0 Å². The summed E-state index contributed by atoms with van der Waals surface area (Å²) in [4.78, 5) is 30.2. The number of rotatable bonds is 13. The monoisotopic (exact) mass is 492 g/mol. The molecule has 0 radical (unpaired) electrons. The van der Waals surface area contributed by atoms with Gasteiger partial charge in [0.25, 0.3) is 11.7 Å². The minimum absolute atomic E-state index is 0.0896. The normalized spacial score (nSPS) is 17.0. The summed E-state index contributed by atoms with van der Waals surface area (Å²) in [6, 6.07) is 13.4. The van der Waals surface area contributed by atoms with Gasteiger partial charge in [0.1, 0.15) is 23.9 Å². The number of carbonyl (C=O) groups excluding carboxylic acids is 2. The number of benzene rings is 2. The number of aliphatic hydroxyl groups excluding tert-OH is 1. The van der Waals surface area contributed by atoms with Crippen LogP contribution in [0, 0.1) is 0 Å². The summed E-state index contributed by atoms with van der Waals surface area (Å²) < 4.78 is 11.1. The lowest BCUT2D eigenvalue weighted by Gasteiger charge is -2.27. The highest BCUT2D eigenvalue weighted by Gasteiger charge is 2.45. The van der Waals surface area contributed by atoms with Gasteiger partial charge >= 0.3 is 0 Å². The van der Waals surface area contributed by atoms with Crippen molar-refractivity contribution in [3.05, 3.63) is 77.9 Å². The van der Waals surface area contributed by atoms with Gasteiger partial charge in [-0.15, -0.1) is 0 Å². The molecule has 0 spiro atoms. The maximum Gasteiger partial charge on any atom is 0.295 e. The summed E-state index contributed by atoms with van der Waals surface area (Å²) in [5, 5.41) is 11.2. The summed E-state index contributed by atoms with van der Waals surface area (Å²) in [5.74, 6) is -0.152. The molecule has 0 aliphatic carbocycles. The van der Waals surface area contributed by atoms with Crippen LogP contribution in [0.15, 0.2) is 66.8 Å². The molecule has 1 heterocycles. The molecule has 1 atom stereocenters. The molecule has 1 fully saturated rings. The first-order valence-electron chi connectivity index (χ1n) is 12.5. The van der Waals surface area contributed by atoms with Crippen molar-refractivity contribution in [2.24, 2.45) is 0 Å². The maximum atomic E-state index is 13.2. The number of aliphatic hydroxyl groups is 1. The van der Waals surface area contributed by atoms with E-state index in [-0.39, 0.29) is 11.3 Å². The zero-order valence-corrected chi connectivity index (χ0v) is 21.4. The van der Waals surface area contributed by atoms with E-state index in [1.54, 1.807) is 47.4 Å². The maximum absolute atomic E-state index is 13.2. The van der Waals surface area contributed by atoms with E-state index in [0.29, 0.717) is 36.8 Å². The van der Waals surface area contributed by atoms with Gasteiger partial charge in [-0.05, 0) is 74.9 Å². The van der Waals surface area contributed by atoms with Crippen molar-refractivity contribution in [3.8, 4) is 11.5 Å². The van der Waals surface area contributed by atoms with E-state index >= 15 is 0 Å². The Balaban J connectivity index is 1.99. The average Bonchev–Trinajstić information content (AvgIpc) is 3.15. The molecule has 0 saturated carbocycles. The van der Waals surface area contributed by atoms with Gasteiger partial charge < -0.3 is 24.4 Å². The van der Waals surface area contributed by atoms with E-state index in [2.05, 4.69) is 25.3 Å². The standard InChI is InChI=1S/C29H36N2O5/c1-5-20-36-24-14-10-21(11-15-24)26-25(27(32)22-12-16-23(17-13-22)35-8-4)28(33)29(34)31(26)19-9-18-30(6-2)7-3/h5,10-17,26,32H,1,6-9,18-20H2,2-4H3/t26-/m0/s1. The second kappa shape index (κ2) is 12.9. The van der Waals surface area contributed by atoms with Crippen molar-refractivity contribution < 1.29 is 24.2 Å². The number of hydrogen-bond acceptors (Lipinski definition) is 6. The smallest absolute Gasteiger partial charge is 0.295 e. The van der Waals surface area contributed by atoms with Crippen LogP contribution in [0.5, 0.6) is 11.5 Å². The fraction of sp³-hybridized carbons (Fsp3) is 0.379. The van der Waals surface area contributed by atoms with Crippen molar-refractivity contribution in [1.29, 1.82) is 0 Å². The molecule has 1 aliphatic rings. The van der Waals surface area contributed by atoms with Crippen molar-refractivity contribution >= 4 is 17.4 Å². The van der Waals surface area contributed by atoms with Crippen LogP contribution >= 0.6 is 0 Å². The van der Waals surface area contributed by atoms with Crippen molar-refractivity contribution in [2.75, 3.05) is 39.4 Å². The van der Waals surface area contributed by atoms with Gasteiger partial charge in [-0.1, -0.05) is 38.6 Å². The quantitative estimate of drug-likeness (QED) is 0.187. The van der Waals surface area contributed by atoms with E-state index in [9.17, 15) is 14.7 Å². The number of ketones is 1. The number of likely N-dealkylation sites (tertiary alicyclic amines) is 1. The van der Waals surface area contributed by atoms with Crippen LogP contribution in [-0.2, 0) is 9.59 Å². The summed E-state index contributed by atoms with van der Waals surface area (Å²) in [5.41, 5.74) is 1.28. The van der Waals surface area contributed by atoms with Crippen molar-refractivity contribution in [1.82, 2.24) is 9.80 Å². The third kappa shape index (κ3) is 6.15. The molecule has 1 saturated heterocycles. The van der Waals surface area contributed by atoms with E-state index in [0.717, 1.165) is 31.6 Å². The SMILES string of the molecule is C=CCOc1ccc([C@H]2C(=C(O)c3ccc(OCC)cc3)C(=O)C(=O)N2CCCN(CC)CC)cc1. The highest BCUT2D eigenvalue weighted by molar-refractivity contribution is 6.46. The largest absolute Gasteiger partial charge is 0.507 e. The Morgan fingerprint density at radius 1 is 1.00 bits per heavy atom. The van der Waals surface area contributed by atoms with Gasteiger partial charge in [0.05, 0.1) is 18.2 Å². The van der Waals surface area contributed by atoms with Gasteiger partial charge in [0.2, 0.25) is 0 Å². The summed E-state index contributed by atoms with van der Waals surface area (Å²) in [6.45, 7) is 13.7. The summed E-state index contributed by atoms with van der Waals surface area (Å²) in [7, 11) is 0. The Morgan fingerprint density at radius 2 is 1.61 bits per heavy atom. The Labute approximate surface area is 213 Å². The van der Waals surface area contributed by atoms with Gasteiger partial charge in [-0.3, -0.25) is 9.59 Å². The molecule has 192 valence electrons. The second-order valence-corrected chi connectivity index (χ2v) is 8.50. The Hall–Kier alpha value is -3.58. The van der Waals surface area contributed by atoms with Gasteiger partial charge in [0, 0.05) is 12.1 Å². The molecule has 2 aromatic carbocycles. The highest BCUT2D eigenvalue weighted by Crippen LogP contribution is 2.40. The Kier molecular flexibility index (Phi) is 9.70. The first-order chi connectivity index (χ1) is 17.4. The molecular weight excluding hydrogens is 456 g/mol. The second-order valence-electron chi connectivity index (χ2n) is 8.50. The lowest BCUT2D eigenvalue weighted by atomic mass is 9.95. The van der Waals surface area contributed by atoms with Crippen LogP contribution in [0.1, 0.15) is 44.4 Å². The van der Waals surface area contributed by atoms with Gasteiger partial charge in [-0.2, -0.15) is 0 Å². The molecule has 7 heteroatoms. The Bertz CT molecular complexity index is 1070. The topological polar surface area (TPSA) is 79.3 Å². The van der Waals surface area contributed by atoms with Crippen LogP contribution in [-0.4, -0.2) is 66.0 Å². The molecule has 36 heavy (non-hydrogen) atoms. The third-order valence-electron chi connectivity index (χ3n) is 6.31. The summed E-state index contributed by atoms with van der Waals surface area (Å²) >= 11 is 0. The van der Waals surface area contributed by atoms with Crippen molar-refractivity contribution in [3.63, 3.8) is 0 Å². The van der Waals surface area contributed by atoms with Gasteiger partial charge in [0.15, 0.2) is 0 Å². The Morgan fingerprint density at radius 3 is 2.19 bits per heavy atom. The predicted octanol–water partition coefficient (Wildman–Crippen LogP) is 4.80. The van der Waals surface area contributed by atoms with Crippen LogP contribution in [0.2, 0.25) is 0 Å². The number of amides is 1. The highest BCUT2D eigenvalue weighted by atomic mass is 16.5. The minimum atomic E-state index is -0.693. The fourth-order valence-electron chi connectivity index (χ4n) is 4.39. The average molecular weight is 493 g/mol.